The van der Waals surface area contributed by atoms with Gasteiger partial charge in [0.2, 0.25) is 0 Å². The zero-order chi connectivity index (χ0) is 37.2. The summed E-state index contributed by atoms with van der Waals surface area (Å²) in [5.74, 6) is 0.643. The highest BCUT2D eigenvalue weighted by Gasteiger charge is 2.30. The Kier molecular flexibility index (Phi) is 13.4. The fourth-order valence-electron chi connectivity index (χ4n) is 7.24. The van der Waals surface area contributed by atoms with Crippen LogP contribution in [0.5, 0.6) is 0 Å². The van der Waals surface area contributed by atoms with Gasteiger partial charge in [-0.15, -0.1) is 0 Å². The summed E-state index contributed by atoms with van der Waals surface area (Å²) in [4.78, 5) is 54.1. The molecule has 5 rings (SSSR count). The summed E-state index contributed by atoms with van der Waals surface area (Å²) in [6.07, 6.45) is 4.28. The number of nitrogens with one attached hydrogen (secondary N) is 1. The number of hydrogen-bond donors (Lipinski definition) is 1. The van der Waals surface area contributed by atoms with Crippen molar-refractivity contribution in [1.82, 2.24) is 20.3 Å². The molecular formula is C43H52N4O5. The molecule has 0 aliphatic heterocycles. The molecule has 1 aliphatic carbocycles. The SMILES string of the molecule is CC(C)CC(CC(C)C)C(=O)c1ccc(C(=O)N(C)COCCCC(=O)CCCC(=O)C2Cc3ccccc3-c3n[nH]nc3-c3ccccc32)cc1. The third-order valence-electron chi connectivity index (χ3n) is 9.78. The van der Waals surface area contributed by atoms with Gasteiger partial charge in [0.1, 0.15) is 29.7 Å². The van der Waals surface area contributed by atoms with E-state index in [1.807, 2.05) is 48.5 Å². The van der Waals surface area contributed by atoms with E-state index in [1.54, 1.807) is 31.3 Å². The molecule has 0 radical (unpaired) electrons. The number of nitrogens with zero attached hydrogens (tertiary/aromatic N) is 3. The number of ketones is 3. The van der Waals surface area contributed by atoms with Crippen LogP contribution < -0.4 is 0 Å². The Morgan fingerprint density at radius 2 is 1.37 bits per heavy atom. The first-order valence-corrected chi connectivity index (χ1v) is 18.6. The minimum absolute atomic E-state index is 0.0228. The van der Waals surface area contributed by atoms with E-state index in [0.29, 0.717) is 68.1 Å². The molecule has 9 nitrogen and oxygen atoms in total. The normalized spacial score (nSPS) is 13.7. The number of Topliss-reactive ketones (excluding diaryl/α,β-unsaturated/α-hetero) is 3. The minimum Gasteiger partial charge on any atom is -0.361 e. The highest BCUT2D eigenvalue weighted by molar-refractivity contribution is 6.00. The molecule has 1 heterocycles. The molecule has 1 aliphatic rings. The van der Waals surface area contributed by atoms with Crippen molar-refractivity contribution >= 4 is 23.3 Å². The van der Waals surface area contributed by atoms with E-state index in [2.05, 4.69) is 43.1 Å². The number of benzene rings is 3. The van der Waals surface area contributed by atoms with Crippen molar-refractivity contribution in [1.29, 1.82) is 0 Å². The molecule has 4 aromatic rings. The van der Waals surface area contributed by atoms with Crippen LogP contribution in [0.15, 0.2) is 72.8 Å². The van der Waals surface area contributed by atoms with Crippen LogP contribution in [0.1, 0.15) is 110 Å². The third kappa shape index (κ3) is 9.76. The highest BCUT2D eigenvalue weighted by Crippen LogP contribution is 2.40. The molecule has 1 atom stereocenters. The Hall–Kier alpha value is -4.76. The van der Waals surface area contributed by atoms with E-state index in [9.17, 15) is 19.2 Å². The molecule has 0 bridgehead atoms. The maximum absolute atomic E-state index is 13.7. The monoisotopic (exact) mass is 704 g/mol. The predicted octanol–water partition coefficient (Wildman–Crippen LogP) is 8.50. The lowest BCUT2D eigenvalue weighted by Crippen LogP contribution is -2.29. The number of aromatic nitrogens is 3. The van der Waals surface area contributed by atoms with Gasteiger partial charge in [0.05, 0.1) is 0 Å². The largest absolute Gasteiger partial charge is 0.361 e. The number of ether oxygens (including phenoxy) is 1. The van der Waals surface area contributed by atoms with Gasteiger partial charge < -0.3 is 9.64 Å². The zero-order valence-electron chi connectivity index (χ0n) is 31.2. The van der Waals surface area contributed by atoms with E-state index < -0.39 is 0 Å². The van der Waals surface area contributed by atoms with Crippen LogP contribution in [-0.2, 0) is 20.7 Å². The van der Waals surface area contributed by atoms with Gasteiger partial charge in [-0.05, 0) is 67.2 Å². The Bertz CT molecular complexity index is 1830. The molecule has 1 amide bonds. The van der Waals surface area contributed by atoms with Gasteiger partial charge >= 0.3 is 0 Å². The molecule has 0 saturated heterocycles. The van der Waals surface area contributed by atoms with E-state index in [-0.39, 0.29) is 41.8 Å². The highest BCUT2D eigenvalue weighted by atomic mass is 16.5. The van der Waals surface area contributed by atoms with E-state index >= 15 is 0 Å². The topological polar surface area (TPSA) is 122 Å². The first-order valence-electron chi connectivity index (χ1n) is 18.6. The Morgan fingerprint density at radius 3 is 2.06 bits per heavy atom. The van der Waals surface area contributed by atoms with Gasteiger partial charge in [-0.25, -0.2) is 0 Å². The quantitative estimate of drug-likeness (QED) is 0.0626. The van der Waals surface area contributed by atoms with E-state index in [4.69, 9.17) is 4.74 Å². The van der Waals surface area contributed by atoms with Crippen molar-refractivity contribution < 1.29 is 23.9 Å². The molecular weight excluding hydrogens is 652 g/mol. The number of fused-ring (bicyclic) bond motifs is 5. The average Bonchev–Trinajstić information content (AvgIpc) is 3.61. The summed E-state index contributed by atoms with van der Waals surface area (Å²) < 4.78 is 5.71. The molecule has 3 aromatic carbocycles. The zero-order valence-corrected chi connectivity index (χ0v) is 31.2. The van der Waals surface area contributed by atoms with Crippen molar-refractivity contribution in [2.45, 2.75) is 85.0 Å². The standard InChI is InChI=1S/C43H52N4O5/c1-28(2)24-33(25-29(3)4)42(50)30-19-21-31(22-20-30)43(51)47(5)27-52-23-11-14-34(48)13-10-18-39(49)38-26-32-12-6-7-15-35(32)40-41(45-46-44-40)37-17-9-8-16-36(37)38/h6-9,12,15-17,19-22,28-29,33,38H,10-11,13-14,18,23-27H2,1-5H3,(H,44,45,46). The molecule has 1 N–H and O–H groups in total. The molecule has 1 unspecified atom stereocenters. The number of H-pyrrole nitrogens is 1. The third-order valence-corrected chi connectivity index (χ3v) is 9.78. The maximum atomic E-state index is 13.7. The fourth-order valence-corrected chi connectivity index (χ4v) is 7.24. The summed E-state index contributed by atoms with van der Waals surface area (Å²) >= 11 is 0. The second-order valence-corrected chi connectivity index (χ2v) is 14.9. The summed E-state index contributed by atoms with van der Waals surface area (Å²) in [5, 5.41) is 11.6. The van der Waals surface area contributed by atoms with Crippen LogP contribution in [0.2, 0.25) is 0 Å². The maximum Gasteiger partial charge on any atom is 0.255 e. The van der Waals surface area contributed by atoms with Crippen LogP contribution in [0.3, 0.4) is 0 Å². The molecule has 0 saturated carbocycles. The second-order valence-electron chi connectivity index (χ2n) is 14.9. The van der Waals surface area contributed by atoms with Crippen molar-refractivity contribution in [3.8, 4) is 22.5 Å². The van der Waals surface area contributed by atoms with Gasteiger partial charge in [-0.2, -0.15) is 15.4 Å². The Morgan fingerprint density at radius 1 is 0.769 bits per heavy atom. The van der Waals surface area contributed by atoms with E-state index in [1.165, 1.54) is 4.90 Å². The fraction of sp³-hybridized carbons (Fsp3) is 0.442. The van der Waals surface area contributed by atoms with Crippen LogP contribution in [0, 0.1) is 17.8 Å². The molecule has 9 heteroatoms. The lowest BCUT2D eigenvalue weighted by molar-refractivity contribution is -0.121. The van der Waals surface area contributed by atoms with Crippen LogP contribution in [-0.4, -0.2) is 64.0 Å². The van der Waals surface area contributed by atoms with Crippen molar-refractivity contribution in [3.05, 3.63) is 95.1 Å². The van der Waals surface area contributed by atoms with Gasteiger partial charge in [-0.1, -0.05) is 88.4 Å². The van der Waals surface area contributed by atoms with Crippen LogP contribution >= 0.6 is 0 Å². The van der Waals surface area contributed by atoms with Crippen LogP contribution in [0.25, 0.3) is 22.5 Å². The molecule has 1 aromatic heterocycles. The van der Waals surface area contributed by atoms with Crippen molar-refractivity contribution in [2.75, 3.05) is 20.4 Å². The molecule has 274 valence electrons. The lowest BCUT2D eigenvalue weighted by Gasteiger charge is -2.23. The molecule has 0 spiro atoms. The van der Waals surface area contributed by atoms with Crippen molar-refractivity contribution in [2.24, 2.45) is 17.8 Å². The number of hydrogen-bond acceptors (Lipinski definition) is 7. The summed E-state index contributed by atoms with van der Waals surface area (Å²) in [6.45, 7) is 8.97. The second kappa shape index (κ2) is 18.1. The first-order chi connectivity index (χ1) is 25.0. The number of rotatable bonds is 18. The van der Waals surface area contributed by atoms with Gasteiger partial charge in [0, 0.05) is 67.0 Å². The van der Waals surface area contributed by atoms with E-state index in [0.717, 1.165) is 46.5 Å². The predicted molar refractivity (Wildman–Crippen MR) is 203 cm³/mol. The Labute approximate surface area is 307 Å². The molecule has 52 heavy (non-hydrogen) atoms. The number of amides is 1. The van der Waals surface area contributed by atoms with Gasteiger partial charge in [-0.3, -0.25) is 19.2 Å². The summed E-state index contributed by atoms with van der Waals surface area (Å²) in [6, 6.07) is 22.8. The average molecular weight is 705 g/mol. The number of carbonyl (C=O) groups excluding carboxylic acids is 4. The van der Waals surface area contributed by atoms with Gasteiger partial charge in [0.25, 0.3) is 5.91 Å². The first kappa shape index (κ1) is 38.5. The van der Waals surface area contributed by atoms with Crippen LogP contribution in [0.4, 0.5) is 0 Å². The number of aromatic amines is 1. The Balaban J connectivity index is 1.04. The number of carbonyl (C=O) groups is 4. The summed E-state index contributed by atoms with van der Waals surface area (Å²) in [7, 11) is 1.67. The summed E-state index contributed by atoms with van der Waals surface area (Å²) in [5.41, 5.74) is 6.51. The lowest BCUT2D eigenvalue weighted by atomic mass is 9.79. The smallest absolute Gasteiger partial charge is 0.255 e. The molecule has 0 fully saturated rings. The van der Waals surface area contributed by atoms with Crippen molar-refractivity contribution in [3.63, 3.8) is 0 Å². The van der Waals surface area contributed by atoms with Gasteiger partial charge in [0.15, 0.2) is 5.78 Å². The minimum atomic E-state index is -0.345.